The predicted octanol–water partition coefficient (Wildman–Crippen LogP) is 2.87. The normalized spacial score (nSPS) is 16.2. The minimum atomic E-state index is -0.358. The maximum absolute atomic E-state index is 12.4. The summed E-state index contributed by atoms with van der Waals surface area (Å²) in [6.07, 6.45) is 3.44. The average Bonchev–Trinajstić information content (AvgIpc) is 3.37. The molecule has 2 heterocycles. The predicted molar refractivity (Wildman–Crippen MR) is 104 cm³/mol. The largest absolute Gasteiger partial charge is 0.457 e. The third kappa shape index (κ3) is 4.03. The molecule has 1 aromatic heterocycles. The lowest BCUT2D eigenvalue weighted by Crippen LogP contribution is -2.32. The van der Waals surface area contributed by atoms with Crippen molar-refractivity contribution in [1.82, 2.24) is 15.5 Å². The van der Waals surface area contributed by atoms with Gasteiger partial charge < -0.3 is 15.0 Å². The molecule has 7 nitrogen and oxygen atoms in total. The zero-order valence-corrected chi connectivity index (χ0v) is 15.2. The Kier molecular flexibility index (Phi) is 5.05. The molecular formula is C21H20N4O3. The fourth-order valence-electron chi connectivity index (χ4n) is 3.16. The van der Waals surface area contributed by atoms with E-state index in [1.165, 1.54) is 0 Å². The first-order chi connectivity index (χ1) is 13.7. The van der Waals surface area contributed by atoms with E-state index in [1.54, 1.807) is 17.3 Å². The Hall–Kier alpha value is -3.61. The van der Waals surface area contributed by atoms with E-state index in [2.05, 4.69) is 15.5 Å². The number of hydrogen-bond donors (Lipinski definition) is 2. The zero-order chi connectivity index (χ0) is 19.3. The highest BCUT2D eigenvalue weighted by Crippen LogP contribution is 2.24. The number of nitrogens with one attached hydrogen (secondary N) is 2. The number of para-hydroxylation sites is 1. The van der Waals surface area contributed by atoms with E-state index in [4.69, 9.17) is 4.74 Å². The van der Waals surface area contributed by atoms with Gasteiger partial charge in [-0.1, -0.05) is 30.3 Å². The van der Waals surface area contributed by atoms with Crippen molar-refractivity contribution in [3.63, 3.8) is 0 Å². The number of rotatable bonds is 6. The van der Waals surface area contributed by atoms with Crippen LogP contribution in [0.25, 0.3) is 0 Å². The molecule has 1 saturated heterocycles. The summed E-state index contributed by atoms with van der Waals surface area (Å²) in [4.78, 5) is 26.2. The van der Waals surface area contributed by atoms with E-state index >= 15 is 0 Å². The molecule has 1 fully saturated rings. The zero-order valence-electron chi connectivity index (χ0n) is 15.2. The number of H-pyrrole nitrogens is 1. The highest BCUT2D eigenvalue weighted by Gasteiger charge is 2.35. The van der Waals surface area contributed by atoms with Crippen molar-refractivity contribution < 1.29 is 14.3 Å². The number of carbonyl (C=O) groups is 2. The molecule has 2 N–H and O–H groups in total. The maximum Gasteiger partial charge on any atom is 0.227 e. The Bertz CT molecular complexity index is 940. The van der Waals surface area contributed by atoms with E-state index in [0.29, 0.717) is 18.8 Å². The fraction of sp³-hybridized carbons (Fsp3) is 0.190. The van der Waals surface area contributed by atoms with Gasteiger partial charge in [0.15, 0.2) is 0 Å². The summed E-state index contributed by atoms with van der Waals surface area (Å²) in [5.74, 6) is 0.964. The van der Waals surface area contributed by atoms with Crippen LogP contribution in [-0.4, -0.2) is 28.6 Å². The van der Waals surface area contributed by atoms with E-state index in [0.717, 1.165) is 17.1 Å². The summed E-state index contributed by atoms with van der Waals surface area (Å²) < 4.78 is 5.76. The minimum Gasteiger partial charge on any atom is -0.457 e. The number of ether oxygens (including phenoxy) is 1. The van der Waals surface area contributed by atoms with E-state index in [1.807, 2.05) is 54.6 Å². The molecule has 28 heavy (non-hydrogen) atoms. The van der Waals surface area contributed by atoms with Crippen LogP contribution in [0.1, 0.15) is 12.0 Å². The average molecular weight is 376 g/mol. The van der Waals surface area contributed by atoms with Gasteiger partial charge in [0.1, 0.15) is 11.5 Å². The molecule has 0 aliphatic carbocycles. The first-order valence-electron chi connectivity index (χ1n) is 9.08. The smallest absolute Gasteiger partial charge is 0.227 e. The van der Waals surface area contributed by atoms with Crippen molar-refractivity contribution in [2.45, 2.75) is 13.0 Å². The van der Waals surface area contributed by atoms with Crippen molar-refractivity contribution in [2.24, 2.45) is 5.92 Å². The van der Waals surface area contributed by atoms with Crippen LogP contribution in [0.4, 0.5) is 5.69 Å². The highest BCUT2D eigenvalue weighted by atomic mass is 16.5. The Morgan fingerprint density at radius 3 is 2.61 bits per heavy atom. The Morgan fingerprint density at radius 2 is 1.89 bits per heavy atom. The molecule has 3 aromatic rings. The molecule has 1 aliphatic heterocycles. The maximum atomic E-state index is 12.4. The van der Waals surface area contributed by atoms with Crippen LogP contribution in [0.2, 0.25) is 0 Å². The topological polar surface area (TPSA) is 87.3 Å². The minimum absolute atomic E-state index is 0.0658. The summed E-state index contributed by atoms with van der Waals surface area (Å²) in [5.41, 5.74) is 1.65. The van der Waals surface area contributed by atoms with Crippen LogP contribution in [0.15, 0.2) is 67.0 Å². The van der Waals surface area contributed by atoms with Gasteiger partial charge in [0.2, 0.25) is 11.8 Å². The van der Waals surface area contributed by atoms with Crippen molar-refractivity contribution in [2.75, 3.05) is 11.4 Å². The lowest BCUT2D eigenvalue weighted by molar-refractivity contribution is -0.126. The van der Waals surface area contributed by atoms with Crippen LogP contribution >= 0.6 is 0 Å². The number of hydrogen-bond acceptors (Lipinski definition) is 4. The van der Waals surface area contributed by atoms with E-state index < -0.39 is 0 Å². The van der Waals surface area contributed by atoms with E-state index in [9.17, 15) is 9.59 Å². The summed E-state index contributed by atoms with van der Waals surface area (Å²) >= 11 is 0. The van der Waals surface area contributed by atoms with Gasteiger partial charge in [-0.25, -0.2) is 0 Å². The Morgan fingerprint density at radius 1 is 1.14 bits per heavy atom. The van der Waals surface area contributed by atoms with Gasteiger partial charge in [-0.05, 0) is 29.8 Å². The summed E-state index contributed by atoms with van der Waals surface area (Å²) in [6, 6.07) is 17.1. The summed E-state index contributed by atoms with van der Waals surface area (Å²) in [6.45, 7) is 0.773. The molecule has 0 radical (unpaired) electrons. The molecule has 2 amide bonds. The molecule has 142 valence electrons. The summed E-state index contributed by atoms with van der Waals surface area (Å²) in [5, 5.41) is 9.45. The second-order valence-corrected chi connectivity index (χ2v) is 6.64. The number of carbonyl (C=O) groups excluding carboxylic acids is 2. The molecule has 1 aliphatic rings. The first-order valence-corrected chi connectivity index (χ1v) is 9.08. The second kappa shape index (κ2) is 7.96. The number of aromatic nitrogens is 2. The van der Waals surface area contributed by atoms with Crippen molar-refractivity contribution >= 4 is 17.5 Å². The molecule has 1 atom stereocenters. The third-order valence-electron chi connectivity index (χ3n) is 4.66. The third-order valence-corrected chi connectivity index (χ3v) is 4.66. The van der Waals surface area contributed by atoms with Crippen LogP contribution in [0.3, 0.4) is 0 Å². The van der Waals surface area contributed by atoms with Gasteiger partial charge in [0, 0.05) is 25.7 Å². The second-order valence-electron chi connectivity index (χ2n) is 6.64. The van der Waals surface area contributed by atoms with Gasteiger partial charge in [-0.2, -0.15) is 5.10 Å². The molecule has 7 heteroatoms. The standard InChI is InChI=1S/C21H20N4O3/c26-20-10-16(14-25(20)17-12-23-24-13-17)21(27)22-11-15-6-8-19(9-7-15)28-18-4-2-1-3-5-18/h1-9,12-13,16H,10-11,14H2,(H,22,27)(H,23,24)/t16-/m1/s1. The Labute approximate surface area is 162 Å². The van der Waals surface area contributed by atoms with Crippen molar-refractivity contribution in [3.05, 3.63) is 72.6 Å². The monoisotopic (exact) mass is 376 g/mol. The lowest BCUT2D eigenvalue weighted by Gasteiger charge is -2.14. The lowest BCUT2D eigenvalue weighted by atomic mass is 10.1. The van der Waals surface area contributed by atoms with Gasteiger partial charge in [0.25, 0.3) is 0 Å². The first kappa shape index (κ1) is 17.8. The SMILES string of the molecule is O=C(NCc1ccc(Oc2ccccc2)cc1)[C@@H]1CC(=O)N(c2cn[nH]c2)C1. The van der Waals surface area contributed by atoms with Gasteiger partial charge in [-0.15, -0.1) is 0 Å². The number of aromatic amines is 1. The molecule has 2 aromatic carbocycles. The van der Waals surface area contributed by atoms with Gasteiger partial charge >= 0.3 is 0 Å². The van der Waals surface area contributed by atoms with Gasteiger partial charge in [0.05, 0.1) is 17.8 Å². The van der Waals surface area contributed by atoms with Gasteiger partial charge in [-0.3, -0.25) is 14.7 Å². The number of benzene rings is 2. The number of anilines is 1. The van der Waals surface area contributed by atoms with Crippen LogP contribution in [0.5, 0.6) is 11.5 Å². The molecule has 0 spiro atoms. The Balaban J connectivity index is 1.29. The summed E-state index contributed by atoms with van der Waals surface area (Å²) in [7, 11) is 0. The van der Waals surface area contributed by atoms with Crippen LogP contribution in [-0.2, 0) is 16.1 Å². The molecule has 4 rings (SSSR count). The number of nitrogens with zero attached hydrogens (tertiary/aromatic N) is 2. The quantitative estimate of drug-likeness (QED) is 0.693. The number of amides is 2. The molecule has 0 unspecified atom stereocenters. The fourth-order valence-corrected chi connectivity index (χ4v) is 3.16. The van der Waals surface area contributed by atoms with E-state index in [-0.39, 0.29) is 24.2 Å². The molecular weight excluding hydrogens is 356 g/mol. The highest BCUT2D eigenvalue weighted by molar-refractivity contribution is 6.00. The van der Waals surface area contributed by atoms with Crippen molar-refractivity contribution in [3.8, 4) is 11.5 Å². The molecule has 0 bridgehead atoms. The molecule has 0 saturated carbocycles. The van der Waals surface area contributed by atoms with Crippen molar-refractivity contribution in [1.29, 1.82) is 0 Å². The van der Waals surface area contributed by atoms with Crippen LogP contribution < -0.4 is 15.0 Å². The van der Waals surface area contributed by atoms with Crippen LogP contribution in [0, 0.1) is 5.92 Å².